The van der Waals surface area contributed by atoms with Gasteiger partial charge in [-0.2, -0.15) is 0 Å². The standard InChI is InChI=1S/C20H20B3N5O/c1-28-11-24-10-17(28)16-6-13-7-18(26-9-14(13)8-25-16)27-19(29)12-2-4-15(5-3-12)20(21,22)23/h2-11H,21-23H2,1H3,(H,26,27,29). The van der Waals surface area contributed by atoms with E-state index in [-0.39, 0.29) is 11.0 Å². The maximum absolute atomic E-state index is 12.6. The van der Waals surface area contributed by atoms with E-state index in [0.717, 1.165) is 22.2 Å². The van der Waals surface area contributed by atoms with E-state index >= 15 is 0 Å². The second kappa shape index (κ2) is 7.24. The highest BCUT2D eigenvalue weighted by Gasteiger charge is 2.15. The molecule has 140 valence electrons. The van der Waals surface area contributed by atoms with Crippen molar-refractivity contribution in [3.8, 4) is 11.4 Å². The predicted molar refractivity (Wildman–Crippen MR) is 123 cm³/mol. The molecule has 4 rings (SSSR count). The van der Waals surface area contributed by atoms with E-state index in [1.165, 1.54) is 5.56 Å². The summed E-state index contributed by atoms with van der Waals surface area (Å²) in [5.41, 5.74) is 3.53. The topological polar surface area (TPSA) is 72.7 Å². The second-order valence-electron chi connectivity index (χ2n) is 8.16. The van der Waals surface area contributed by atoms with Gasteiger partial charge in [0.2, 0.25) is 0 Å². The minimum absolute atomic E-state index is 0.0501. The molecule has 0 saturated heterocycles. The third-order valence-corrected chi connectivity index (χ3v) is 4.94. The van der Waals surface area contributed by atoms with E-state index in [1.807, 2.05) is 48.0 Å². The van der Waals surface area contributed by atoms with Gasteiger partial charge < -0.3 is 9.88 Å². The van der Waals surface area contributed by atoms with Gasteiger partial charge in [0, 0.05) is 30.4 Å². The van der Waals surface area contributed by atoms with Crippen LogP contribution >= 0.6 is 0 Å². The number of hydrogen-bond donors (Lipinski definition) is 1. The van der Waals surface area contributed by atoms with Crippen molar-refractivity contribution in [2.75, 3.05) is 5.32 Å². The van der Waals surface area contributed by atoms with Crippen molar-refractivity contribution >= 4 is 46.0 Å². The Hall–Kier alpha value is -3.35. The van der Waals surface area contributed by atoms with Crippen LogP contribution in [0, 0.1) is 0 Å². The molecule has 0 saturated carbocycles. The molecule has 1 amide bonds. The quantitative estimate of drug-likeness (QED) is 0.518. The monoisotopic (exact) mass is 379 g/mol. The van der Waals surface area contributed by atoms with Crippen LogP contribution in [0.25, 0.3) is 22.2 Å². The third-order valence-electron chi connectivity index (χ3n) is 4.94. The van der Waals surface area contributed by atoms with Crippen molar-refractivity contribution in [3.05, 3.63) is 72.4 Å². The van der Waals surface area contributed by atoms with E-state index in [2.05, 4.69) is 43.8 Å². The Labute approximate surface area is 172 Å². The lowest BCUT2D eigenvalue weighted by Crippen LogP contribution is -2.27. The van der Waals surface area contributed by atoms with Crippen LogP contribution in [0.3, 0.4) is 0 Å². The van der Waals surface area contributed by atoms with Crippen molar-refractivity contribution in [1.82, 2.24) is 19.5 Å². The number of carbonyl (C=O) groups excluding carboxylic acids is 1. The lowest BCUT2D eigenvalue weighted by molar-refractivity contribution is 0.102. The molecule has 0 unspecified atom stereocenters. The van der Waals surface area contributed by atoms with Gasteiger partial charge in [0.1, 0.15) is 5.82 Å². The molecular weight excluding hydrogens is 359 g/mol. The number of benzene rings is 1. The zero-order chi connectivity index (χ0) is 20.6. The number of hydrogen-bond acceptors (Lipinski definition) is 4. The van der Waals surface area contributed by atoms with Crippen LogP contribution in [0.2, 0.25) is 0 Å². The first-order valence-corrected chi connectivity index (χ1v) is 9.46. The molecular formula is C20H20B3N5O. The van der Waals surface area contributed by atoms with Crippen molar-refractivity contribution in [2.24, 2.45) is 7.05 Å². The van der Waals surface area contributed by atoms with Gasteiger partial charge in [-0.3, -0.25) is 9.78 Å². The molecule has 1 N–H and O–H groups in total. The van der Waals surface area contributed by atoms with Crippen LogP contribution in [0.5, 0.6) is 0 Å². The molecule has 1 aromatic carbocycles. The second-order valence-corrected chi connectivity index (χ2v) is 8.16. The van der Waals surface area contributed by atoms with Crippen molar-refractivity contribution in [2.45, 2.75) is 5.11 Å². The Morgan fingerprint density at radius 1 is 1.00 bits per heavy atom. The van der Waals surface area contributed by atoms with E-state index in [4.69, 9.17) is 0 Å². The van der Waals surface area contributed by atoms with Gasteiger partial charge in [0.25, 0.3) is 5.91 Å². The summed E-state index contributed by atoms with van der Waals surface area (Å²) in [5.74, 6) is 0.322. The maximum atomic E-state index is 12.6. The summed E-state index contributed by atoms with van der Waals surface area (Å²) in [6.45, 7) is 0. The highest BCUT2D eigenvalue weighted by Crippen LogP contribution is 2.23. The molecule has 4 aromatic rings. The summed E-state index contributed by atoms with van der Waals surface area (Å²) < 4.78 is 1.92. The fourth-order valence-corrected chi connectivity index (χ4v) is 3.16. The molecule has 0 radical (unpaired) electrons. The summed E-state index contributed by atoms with van der Waals surface area (Å²) in [4.78, 5) is 25.6. The van der Waals surface area contributed by atoms with E-state index in [9.17, 15) is 4.79 Å². The van der Waals surface area contributed by atoms with E-state index in [1.54, 1.807) is 24.9 Å². The molecule has 3 aromatic heterocycles. The Balaban J connectivity index is 1.59. The summed E-state index contributed by atoms with van der Waals surface area (Å²) >= 11 is 0. The number of anilines is 1. The number of aryl methyl sites for hydroxylation is 1. The first kappa shape index (κ1) is 19.0. The molecule has 3 heterocycles. The van der Waals surface area contributed by atoms with Crippen LogP contribution < -0.4 is 5.32 Å². The van der Waals surface area contributed by atoms with Crippen LogP contribution in [0.4, 0.5) is 5.82 Å². The highest BCUT2D eigenvalue weighted by molar-refractivity contribution is 6.58. The third kappa shape index (κ3) is 3.94. The molecule has 6 nitrogen and oxygen atoms in total. The molecule has 9 heteroatoms. The fraction of sp³-hybridized carbons (Fsp3) is 0.100. The van der Waals surface area contributed by atoms with Gasteiger partial charge >= 0.3 is 0 Å². The highest BCUT2D eigenvalue weighted by atomic mass is 16.1. The van der Waals surface area contributed by atoms with Crippen LogP contribution in [0.15, 0.2) is 61.3 Å². The van der Waals surface area contributed by atoms with E-state index < -0.39 is 0 Å². The molecule has 0 aliphatic rings. The van der Waals surface area contributed by atoms with Gasteiger partial charge in [0.05, 0.1) is 47.5 Å². The zero-order valence-electron chi connectivity index (χ0n) is 17.0. The van der Waals surface area contributed by atoms with Crippen molar-refractivity contribution in [3.63, 3.8) is 0 Å². The Morgan fingerprint density at radius 2 is 1.72 bits per heavy atom. The lowest BCUT2D eigenvalue weighted by atomic mass is 9.40. The van der Waals surface area contributed by atoms with Gasteiger partial charge in [-0.15, -0.1) is 0 Å². The minimum atomic E-state index is -0.182. The number of rotatable bonds is 4. The number of carbonyl (C=O) groups is 1. The first-order chi connectivity index (χ1) is 13.8. The predicted octanol–water partition coefficient (Wildman–Crippen LogP) is 0.292. The Bertz CT molecular complexity index is 1200. The number of nitrogens with one attached hydrogen (secondary N) is 1. The van der Waals surface area contributed by atoms with Crippen molar-refractivity contribution < 1.29 is 4.79 Å². The Kier molecular flexibility index (Phi) is 4.74. The van der Waals surface area contributed by atoms with Gasteiger partial charge in [0.15, 0.2) is 0 Å². The first-order valence-electron chi connectivity index (χ1n) is 9.46. The summed E-state index contributed by atoms with van der Waals surface area (Å²) in [5, 5.41) is 4.79. The molecule has 0 fully saturated rings. The molecule has 0 atom stereocenters. The van der Waals surface area contributed by atoms with Gasteiger partial charge in [-0.25, -0.2) is 9.97 Å². The van der Waals surface area contributed by atoms with Crippen molar-refractivity contribution in [1.29, 1.82) is 0 Å². The molecule has 0 aliphatic carbocycles. The largest absolute Gasteiger partial charge is 0.332 e. The van der Waals surface area contributed by atoms with Crippen LogP contribution in [-0.2, 0) is 12.2 Å². The number of imidazole rings is 1. The Morgan fingerprint density at radius 3 is 2.38 bits per heavy atom. The number of fused-ring (bicyclic) bond motifs is 1. The summed E-state index contributed by atoms with van der Waals surface area (Å²) in [7, 11) is 8.37. The SMILES string of the molecule is BC(B)(B)c1ccc(C(=O)Nc2cc3cc(-c4cncn4C)ncc3cn2)cc1. The fourth-order valence-electron chi connectivity index (χ4n) is 3.16. The van der Waals surface area contributed by atoms with Crippen LogP contribution in [0.1, 0.15) is 15.9 Å². The summed E-state index contributed by atoms with van der Waals surface area (Å²) in [6, 6.07) is 11.5. The maximum Gasteiger partial charge on any atom is 0.256 e. The van der Waals surface area contributed by atoms with Gasteiger partial charge in [-0.05, 0) is 29.7 Å². The average molecular weight is 379 g/mol. The van der Waals surface area contributed by atoms with Gasteiger partial charge in [-0.1, -0.05) is 22.8 Å². The lowest BCUT2D eigenvalue weighted by Gasteiger charge is -2.18. The molecule has 29 heavy (non-hydrogen) atoms. The summed E-state index contributed by atoms with van der Waals surface area (Å²) in [6.07, 6.45) is 7.01. The van der Waals surface area contributed by atoms with E-state index in [0.29, 0.717) is 11.4 Å². The molecule has 0 bridgehead atoms. The zero-order valence-corrected chi connectivity index (χ0v) is 17.0. The number of pyridine rings is 2. The molecule has 0 aliphatic heterocycles. The average Bonchev–Trinajstić information content (AvgIpc) is 3.13. The van der Waals surface area contributed by atoms with Crippen LogP contribution in [-0.4, -0.2) is 49.0 Å². The molecule has 0 spiro atoms. The number of nitrogens with zero attached hydrogens (tertiary/aromatic N) is 4. The number of amides is 1. The normalized spacial score (nSPS) is 11.5. The smallest absolute Gasteiger partial charge is 0.256 e. The minimum Gasteiger partial charge on any atom is -0.332 e. The number of aromatic nitrogens is 4.